The van der Waals surface area contributed by atoms with Crippen molar-refractivity contribution in [3.8, 4) is 0 Å². The lowest BCUT2D eigenvalue weighted by Gasteiger charge is -2.59. The summed E-state index contributed by atoms with van der Waals surface area (Å²) in [4.78, 5) is 12.7. The van der Waals surface area contributed by atoms with Crippen LogP contribution < -0.4 is 0 Å². The van der Waals surface area contributed by atoms with Crippen molar-refractivity contribution in [2.24, 2.45) is 34.5 Å². The van der Waals surface area contributed by atoms with E-state index in [0.717, 1.165) is 24.2 Å². The van der Waals surface area contributed by atoms with Crippen LogP contribution in [0.2, 0.25) is 0 Å². The van der Waals surface area contributed by atoms with Crippen molar-refractivity contribution in [1.82, 2.24) is 0 Å². The molecule has 0 amide bonds. The van der Waals surface area contributed by atoms with E-state index >= 15 is 0 Å². The van der Waals surface area contributed by atoms with E-state index < -0.39 is 0 Å². The van der Waals surface area contributed by atoms with E-state index in [-0.39, 0.29) is 5.41 Å². The first-order chi connectivity index (χ1) is 13.5. The Morgan fingerprint density at radius 1 is 0.964 bits per heavy atom. The Kier molecular flexibility index (Phi) is 6.11. The van der Waals surface area contributed by atoms with E-state index in [1.54, 1.807) is 0 Å². The first-order valence-corrected chi connectivity index (χ1v) is 12.7. The molecule has 4 rings (SSSR count). The highest BCUT2D eigenvalue weighted by Crippen LogP contribution is 2.66. The highest BCUT2D eigenvalue weighted by atomic mass is 16.1. The summed E-state index contributed by atoms with van der Waals surface area (Å²) in [5.74, 6) is 3.76. The number of allylic oxidation sites excluding steroid dienone is 2. The third kappa shape index (κ3) is 3.43. The average Bonchev–Trinajstić information content (AvgIpc) is 2.99. The van der Waals surface area contributed by atoms with E-state index in [1.807, 2.05) is 5.57 Å². The van der Waals surface area contributed by atoms with Gasteiger partial charge in [0, 0.05) is 11.8 Å². The molecule has 1 heteroatoms. The average molecular weight is 385 g/mol. The van der Waals surface area contributed by atoms with Gasteiger partial charge in [-0.1, -0.05) is 70.9 Å². The van der Waals surface area contributed by atoms with E-state index in [0.29, 0.717) is 17.1 Å². The second-order valence-electron chi connectivity index (χ2n) is 11.3. The molecule has 1 nitrogen and oxygen atoms in total. The number of carbonyl (C=O) groups is 1. The minimum Gasteiger partial charge on any atom is -0.299 e. The smallest absolute Gasteiger partial charge is 0.139 e. The maximum Gasteiger partial charge on any atom is 0.139 e. The molecule has 0 saturated heterocycles. The van der Waals surface area contributed by atoms with Gasteiger partial charge >= 0.3 is 0 Å². The quantitative estimate of drug-likeness (QED) is 0.322. The van der Waals surface area contributed by atoms with Crippen LogP contribution in [-0.4, -0.2) is 5.78 Å². The molecule has 3 fully saturated rings. The topological polar surface area (TPSA) is 17.1 Å². The predicted octanol–water partition coefficient (Wildman–Crippen LogP) is 7.89. The molecule has 4 aliphatic rings. The van der Waals surface area contributed by atoms with Gasteiger partial charge in [-0.15, -0.1) is 0 Å². The van der Waals surface area contributed by atoms with Crippen LogP contribution in [0.25, 0.3) is 0 Å². The maximum absolute atomic E-state index is 12.7. The lowest BCUT2D eigenvalue weighted by atomic mass is 9.45. The molecule has 0 spiro atoms. The molecule has 158 valence electrons. The fourth-order valence-electron chi connectivity index (χ4n) is 8.22. The van der Waals surface area contributed by atoms with Gasteiger partial charge in [0.25, 0.3) is 0 Å². The Balaban J connectivity index is 1.50. The van der Waals surface area contributed by atoms with Crippen molar-refractivity contribution < 1.29 is 4.79 Å². The third-order valence-corrected chi connectivity index (χ3v) is 9.79. The summed E-state index contributed by atoms with van der Waals surface area (Å²) in [6, 6.07) is 0. The van der Waals surface area contributed by atoms with Crippen LogP contribution >= 0.6 is 0 Å². The number of unbranched alkanes of at least 4 members (excludes halogenated alkanes) is 5. The summed E-state index contributed by atoms with van der Waals surface area (Å²) in [6.07, 6.45) is 22.6. The van der Waals surface area contributed by atoms with Gasteiger partial charge in [-0.25, -0.2) is 0 Å². The third-order valence-electron chi connectivity index (χ3n) is 9.79. The van der Waals surface area contributed by atoms with Gasteiger partial charge in [-0.05, 0) is 80.5 Å². The van der Waals surface area contributed by atoms with Gasteiger partial charge in [-0.3, -0.25) is 4.79 Å². The molecule has 0 N–H and O–H groups in total. The monoisotopic (exact) mass is 384 g/mol. The zero-order valence-electron chi connectivity index (χ0n) is 18.9. The van der Waals surface area contributed by atoms with Crippen LogP contribution in [0.4, 0.5) is 0 Å². The van der Waals surface area contributed by atoms with Crippen molar-refractivity contribution in [2.45, 2.75) is 117 Å². The predicted molar refractivity (Wildman–Crippen MR) is 118 cm³/mol. The van der Waals surface area contributed by atoms with Gasteiger partial charge in [0.1, 0.15) is 5.78 Å². The molecule has 6 atom stereocenters. The second kappa shape index (κ2) is 8.27. The van der Waals surface area contributed by atoms with Crippen molar-refractivity contribution in [1.29, 1.82) is 0 Å². The fraction of sp³-hybridized carbons (Fsp3) is 0.889. The van der Waals surface area contributed by atoms with Crippen LogP contribution in [0, 0.1) is 34.5 Å². The molecular weight excluding hydrogens is 340 g/mol. The number of hydrogen-bond donors (Lipinski definition) is 0. The van der Waals surface area contributed by atoms with Crippen molar-refractivity contribution >= 4 is 5.78 Å². The Labute approximate surface area is 174 Å². The van der Waals surface area contributed by atoms with Crippen molar-refractivity contribution in [3.63, 3.8) is 0 Å². The van der Waals surface area contributed by atoms with E-state index in [4.69, 9.17) is 0 Å². The summed E-state index contributed by atoms with van der Waals surface area (Å²) >= 11 is 0. The van der Waals surface area contributed by atoms with Crippen LogP contribution in [0.5, 0.6) is 0 Å². The van der Waals surface area contributed by atoms with Gasteiger partial charge in [0.05, 0.1) is 0 Å². The maximum atomic E-state index is 12.7. The number of hydrogen-bond acceptors (Lipinski definition) is 1. The van der Waals surface area contributed by atoms with Crippen LogP contribution in [0.3, 0.4) is 0 Å². The standard InChI is InChI=1S/C27H44O/c1-4-5-6-7-8-9-12-20-19-21-23-14-15-25(28)27(23,3)18-16-24(21)26(2)17-11-10-13-22(20)26/h13,20-21,23-24H,4-12,14-19H2,1-3H3/t20-,21+,23+,24+,26+,27+/m1/s1. The molecule has 0 aromatic heterocycles. The Bertz CT molecular complexity index is 603. The molecule has 0 radical (unpaired) electrons. The number of rotatable bonds is 7. The van der Waals surface area contributed by atoms with Gasteiger partial charge in [-0.2, -0.15) is 0 Å². The largest absolute Gasteiger partial charge is 0.299 e. The van der Waals surface area contributed by atoms with Gasteiger partial charge < -0.3 is 0 Å². The second-order valence-corrected chi connectivity index (χ2v) is 11.3. The number of fused-ring (bicyclic) bond motifs is 5. The molecule has 0 aromatic rings. The lowest BCUT2D eigenvalue weighted by molar-refractivity contribution is -0.133. The molecule has 0 aliphatic heterocycles. The highest BCUT2D eigenvalue weighted by molar-refractivity contribution is 5.87. The summed E-state index contributed by atoms with van der Waals surface area (Å²) in [7, 11) is 0. The highest BCUT2D eigenvalue weighted by Gasteiger charge is 2.59. The summed E-state index contributed by atoms with van der Waals surface area (Å²) < 4.78 is 0. The summed E-state index contributed by atoms with van der Waals surface area (Å²) in [5, 5.41) is 0. The van der Waals surface area contributed by atoms with Crippen LogP contribution in [0.1, 0.15) is 117 Å². The zero-order chi connectivity index (χ0) is 19.8. The number of Topliss-reactive ketones (excluding diaryl/α,β-unsaturated/α-hetero) is 1. The molecule has 0 aromatic carbocycles. The SMILES string of the molecule is CCCCCCCC[C@@H]1C[C@@H]2[C@H](CC[C@]3(C)C(=O)CC[C@@H]23)[C@@]2(C)CCCC=C12. The molecule has 3 saturated carbocycles. The van der Waals surface area contributed by atoms with Gasteiger partial charge in [0.2, 0.25) is 0 Å². The van der Waals surface area contributed by atoms with Crippen molar-refractivity contribution in [2.75, 3.05) is 0 Å². The van der Waals surface area contributed by atoms with Crippen molar-refractivity contribution in [3.05, 3.63) is 11.6 Å². The van der Waals surface area contributed by atoms with E-state index in [9.17, 15) is 4.79 Å². The van der Waals surface area contributed by atoms with Crippen LogP contribution in [-0.2, 0) is 4.79 Å². The fourth-order valence-corrected chi connectivity index (χ4v) is 8.22. The molecule has 0 unspecified atom stereocenters. The summed E-state index contributed by atoms with van der Waals surface area (Å²) in [6.45, 7) is 7.27. The Hall–Kier alpha value is -0.590. The van der Waals surface area contributed by atoms with E-state index in [1.165, 1.54) is 89.9 Å². The minimum atomic E-state index is 0.0259. The van der Waals surface area contributed by atoms with E-state index in [2.05, 4.69) is 26.8 Å². The Morgan fingerprint density at radius 2 is 1.71 bits per heavy atom. The zero-order valence-corrected chi connectivity index (χ0v) is 18.9. The number of carbonyl (C=O) groups excluding carboxylic acids is 1. The Morgan fingerprint density at radius 3 is 2.54 bits per heavy atom. The molecule has 4 aliphatic carbocycles. The molecule has 0 heterocycles. The first kappa shape index (κ1) is 20.7. The van der Waals surface area contributed by atoms with Crippen LogP contribution in [0.15, 0.2) is 11.6 Å². The first-order valence-electron chi connectivity index (χ1n) is 12.7. The lowest BCUT2D eigenvalue weighted by Crippen LogP contribution is -2.52. The minimum absolute atomic E-state index is 0.0259. The normalized spacial score (nSPS) is 42.5. The molecular formula is C27H44O. The molecule has 28 heavy (non-hydrogen) atoms. The molecule has 0 bridgehead atoms. The number of ketones is 1. The van der Waals surface area contributed by atoms with Gasteiger partial charge in [0.15, 0.2) is 0 Å². The summed E-state index contributed by atoms with van der Waals surface area (Å²) in [5.41, 5.74) is 2.33.